The second kappa shape index (κ2) is 8.77. The number of benzene rings is 4. The highest BCUT2D eigenvalue weighted by Gasteiger charge is 2.06. The van der Waals surface area contributed by atoms with Gasteiger partial charge in [-0.1, -0.05) is 66.7 Å². The summed E-state index contributed by atoms with van der Waals surface area (Å²) >= 11 is 1.80. The van der Waals surface area contributed by atoms with Crippen molar-refractivity contribution in [1.29, 1.82) is 0 Å². The molecule has 2 nitrogen and oxygen atoms in total. The lowest BCUT2D eigenvalue weighted by Gasteiger charge is -2.08. The molecular weight excluding hydrogens is 362 g/mol. The van der Waals surface area contributed by atoms with Crippen LogP contribution in [0.1, 0.15) is 21.5 Å². The first-order valence-electron chi connectivity index (χ1n) is 9.31. The van der Waals surface area contributed by atoms with Gasteiger partial charge in [0.05, 0.1) is 0 Å². The molecule has 0 heterocycles. The van der Waals surface area contributed by atoms with Crippen molar-refractivity contribution >= 4 is 28.4 Å². The Morgan fingerprint density at radius 3 is 2.18 bits per heavy atom. The van der Waals surface area contributed by atoms with E-state index in [1.807, 2.05) is 54.6 Å². The maximum atomic E-state index is 12.5. The Labute approximate surface area is 169 Å². The average Bonchev–Trinajstić information content (AvgIpc) is 2.77. The number of carbonyl (C=O) groups is 1. The highest BCUT2D eigenvalue weighted by Crippen LogP contribution is 2.22. The second-order valence-electron chi connectivity index (χ2n) is 6.66. The molecule has 0 fully saturated rings. The van der Waals surface area contributed by atoms with Gasteiger partial charge in [-0.15, -0.1) is 11.8 Å². The second-order valence-corrected chi connectivity index (χ2v) is 7.71. The molecule has 0 aliphatic carbocycles. The van der Waals surface area contributed by atoms with Crippen molar-refractivity contribution in [2.24, 2.45) is 0 Å². The van der Waals surface area contributed by atoms with Crippen molar-refractivity contribution in [3.05, 3.63) is 114 Å². The van der Waals surface area contributed by atoms with Gasteiger partial charge in [-0.3, -0.25) is 4.79 Å². The van der Waals surface area contributed by atoms with E-state index in [1.54, 1.807) is 11.8 Å². The van der Waals surface area contributed by atoms with E-state index in [4.69, 9.17) is 0 Å². The molecule has 0 bridgehead atoms. The minimum absolute atomic E-state index is 0.0459. The maximum absolute atomic E-state index is 12.5. The molecule has 0 aromatic heterocycles. The summed E-state index contributed by atoms with van der Waals surface area (Å²) in [4.78, 5) is 13.7. The predicted molar refractivity (Wildman–Crippen MR) is 118 cm³/mol. The Balaban J connectivity index is 1.33. The summed E-state index contributed by atoms with van der Waals surface area (Å²) in [7, 11) is 0. The lowest BCUT2D eigenvalue weighted by atomic mass is 10.1. The third-order valence-corrected chi connectivity index (χ3v) is 5.71. The first-order chi connectivity index (χ1) is 13.8. The van der Waals surface area contributed by atoms with Crippen LogP contribution in [-0.2, 0) is 12.3 Å². The molecule has 4 aromatic carbocycles. The first-order valence-corrected chi connectivity index (χ1v) is 10.3. The molecule has 0 spiro atoms. The monoisotopic (exact) mass is 383 g/mol. The first kappa shape index (κ1) is 18.3. The minimum atomic E-state index is -0.0459. The van der Waals surface area contributed by atoms with E-state index in [-0.39, 0.29) is 5.91 Å². The Kier molecular flexibility index (Phi) is 5.74. The zero-order chi connectivity index (χ0) is 19.2. The topological polar surface area (TPSA) is 29.1 Å². The molecule has 0 unspecified atom stereocenters. The number of amides is 1. The van der Waals surface area contributed by atoms with E-state index in [2.05, 4.69) is 47.8 Å². The van der Waals surface area contributed by atoms with Crippen molar-refractivity contribution < 1.29 is 4.79 Å². The molecule has 0 saturated heterocycles. The molecule has 1 amide bonds. The Morgan fingerprint density at radius 2 is 1.39 bits per heavy atom. The van der Waals surface area contributed by atoms with E-state index in [9.17, 15) is 4.79 Å². The fraction of sp³-hybridized carbons (Fsp3) is 0.0800. The number of fused-ring (bicyclic) bond motifs is 1. The number of rotatable bonds is 6. The molecular formula is C25H21NOS. The van der Waals surface area contributed by atoms with Gasteiger partial charge in [0.2, 0.25) is 0 Å². The van der Waals surface area contributed by atoms with Crippen molar-refractivity contribution in [2.75, 3.05) is 0 Å². The van der Waals surface area contributed by atoms with E-state index in [0.29, 0.717) is 12.1 Å². The normalized spacial score (nSPS) is 10.7. The molecule has 28 heavy (non-hydrogen) atoms. The maximum Gasteiger partial charge on any atom is 0.251 e. The number of hydrogen-bond acceptors (Lipinski definition) is 2. The van der Waals surface area contributed by atoms with Gasteiger partial charge in [-0.25, -0.2) is 0 Å². The van der Waals surface area contributed by atoms with E-state index in [0.717, 1.165) is 11.3 Å². The standard InChI is InChI=1S/C25H21NOS/c27-25(26-17-20-12-13-21-6-4-5-7-23(21)16-20)22-14-10-19(11-15-22)18-28-24-8-2-1-3-9-24/h1-16H,17-18H2,(H,26,27). The number of carbonyl (C=O) groups excluding carboxylic acids is 1. The number of thioether (sulfide) groups is 1. The van der Waals surface area contributed by atoms with Crippen molar-refractivity contribution in [1.82, 2.24) is 5.32 Å². The summed E-state index contributed by atoms with van der Waals surface area (Å²) in [5.41, 5.74) is 3.00. The van der Waals surface area contributed by atoms with Gasteiger partial charge in [0.25, 0.3) is 5.91 Å². The summed E-state index contributed by atoms with van der Waals surface area (Å²) in [6, 6.07) is 32.7. The fourth-order valence-electron chi connectivity index (χ4n) is 3.07. The Hall–Kier alpha value is -3.04. The van der Waals surface area contributed by atoms with Gasteiger partial charge < -0.3 is 5.32 Å². The summed E-state index contributed by atoms with van der Waals surface area (Å²) in [6.07, 6.45) is 0. The third-order valence-electron chi connectivity index (χ3n) is 4.63. The summed E-state index contributed by atoms with van der Waals surface area (Å²) in [5, 5.41) is 5.41. The molecule has 4 rings (SSSR count). The molecule has 1 N–H and O–H groups in total. The van der Waals surface area contributed by atoms with Crippen LogP contribution in [0.5, 0.6) is 0 Å². The quantitative estimate of drug-likeness (QED) is 0.410. The zero-order valence-electron chi connectivity index (χ0n) is 15.5. The van der Waals surface area contributed by atoms with Crippen LogP contribution in [0.4, 0.5) is 0 Å². The van der Waals surface area contributed by atoms with Gasteiger partial charge in [0, 0.05) is 22.8 Å². The molecule has 0 aliphatic heterocycles. The third kappa shape index (κ3) is 4.62. The average molecular weight is 384 g/mol. The molecule has 0 atom stereocenters. The van der Waals surface area contributed by atoms with Crippen LogP contribution in [0.3, 0.4) is 0 Å². The van der Waals surface area contributed by atoms with Crippen LogP contribution >= 0.6 is 11.8 Å². The van der Waals surface area contributed by atoms with Crippen molar-refractivity contribution in [3.63, 3.8) is 0 Å². The molecule has 0 saturated carbocycles. The Bertz CT molecular complexity index is 1070. The van der Waals surface area contributed by atoms with Gasteiger partial charge in [-0.05, 0) is 52.2 Å². The summed E-state index contributed by atoms with van der Waals surface area (Å²) in [6.45, 7) is 0.523. The van der Waals surface area contributed by atoms with Crippen LogP contribution in [0.25, 0.3) is 10.8 Å². The zero-order valence-corrected chi connectivity index (χ0v) is 16.3. The smallest absolute Gasteiger partial charge is 0.251 e. The lowest BCUT2D eigenvalue weighted by Crippen LogP contribution is -2.22. The van der Waals surface area contributed by atoms with Crippen LogP contribution in [-0.4, -0.2) is 5.91 Å². The SMILES string of the molecule is O=C(NCc1ccc2ccccc2c1)c1ccc(CSc2ccccc2)cc1. The number of nitrogens with one attached hydrogen (secondary N) is 1. The molecule has 0 radical (unpaired) electrons. The largest absolute Gasteiger partial charge is 0.348 e. The van der Waals surface area contributed by atoms with Gasteiger partial charge in [-0.2, -0.15) is 0 Å². The molecule has 3 heteroatoms. The van der Waals surface area contributed by atoms with Crippen LogP contribution < -0.4 is 5.32 Å². The predicted octanol–water partition coefficient (Wildman–Crippen LogP) is 6.06. The highest BCUT2D eigenvalue weighted by atomic mass is 32.2. The number of hydrogen-bond donors (Lipinski definition) is 1. The summed E-state index contributed by atoms with van der Waals surface area (Å²) in [5.74, 6) is 0.846. The van der Waals surface area contributed by atoms with E-state index >= 15 is 0 Å². The van der Waals surface area contributed by atoms with Gasteiger partial charge in [0.1, 0.15) is 0 Å². The minimum Gasteiger partial charge on any atom is -0.348 e. The fourth-order valence-corrected chi connectivity index (χ4v) is 3.94. The molecule has 0 aliphatic rings. The summed E-state index contributed by atoms with van der Waals surface area (Å²) < 4.78 is 0. The van der Waals surface area contributed by atoms with Gasteiger partial charge in [0.15, 0.2) is 0 Å². The van der Waals surface area contributed by atoms with E-state index in [1.165, 1.54) is 21.2 Å². The van der Waals surface area contributed by atoms with E-state index < -0.39 is 0 Å². The lowest BCUT2D eigenvalue weighted by molar-refractivity contribution is 0.0951. The molecule has 4 aromatic rings. The molecule has 138 valence electrons. The van der Waals surface area contributed by atoms with Crippen LogP contribution in [0.15, 0.2) is 102 Å². The van der Waals surface area contributed by atoms with Crippen molar-refractivity contribution in [3.8, 4) is 0 Å². The van der Waals surface area contributed by atoms with Crippen LogP contribution in [0, 0.1) is 0 Å². The van der Waals surface area contributed by atoms with Crippen molar-refractivity contribution in [2.45, 2.75) is 17.2 Å². The highest BCUT2D eigenvalue weighted by molar-refractivity contribution is 7.98. The Morgan fingerprint density at radius 1 is 0.714 bits per heavy atom. The van der Waals surface area contributed by atoms with Crippen LogP contribution in [0.2, 0.25) is 0 Å². The van der Waals surface area contributed by atoms with Gasteiger partial charge >= 0.3 is 0 Å².